The van der Waals surface area contributed by atoms with Gasteiger partial charge in [-0.3, -0.25) is 4.79 Å². The lowest BCUT2D eigenvalue weighted by molar-refractivity contribution is 0.0710. The molecule has 0 spiro atoms. The smallest absolute Gasteiger partial charge is 0.263 e. The van der Waals surface area contributed by atoms with E-state index >= 15 is 0 Å². The number of benzene rings is 1. The lowest BCUT2D eigenvalue weighted by Gasteiger charge is -2.32. The molecule has 6 nitrogen and oxygen atoms in total. The number of piperidine rings is 1. The summed E-state index contributed by atoms with van der Waals surface area (Å²) < 4.78 is 2.97. The number of hydrogen-bond donors (Lipinski definition) is 0. The molecule has 1 fully saturated rings. The molecule has 1 unspecified atom stereocenters. The highest BCUT2D eigenvalue weighted by Crippen LogP contribution is 2.31. The van der Waals surface area contributed by atoms with Crippen molar-refractivity contribution in [2.45, 2.75) is 25.7 Å². The van der Waals surface area contributed by atoms with Crippen LogP contribution in [0.2, 0.25) is 0 Å². The van der Waals surface area contributed by atoms with Crippen molar-refractivity contribution in [3.63, 3.8) is 0 Å². The zero-order valence-corrected chi connectivity index (χ0v) is 15.8. The van der Waals surface area contributed by atoms with Crippen LogP contribution >= 0.6 is 11.3 Å². The summed E-state index contributed by atoms with van der Waals surface area (Å²) in [6.07, 6.45) is 3.56. The van der Waals surface area contributed by atoms with Crippen LogP contribution < -0.4 is 0 Å². The number of aryl methyl sites for hydroxylation is 1. The Morgan fingerprint density at radius 2 is 2.15 bits per heavy atom. The first-order chi connectivity index (χ1) is 13.2. The summed E-state index contributed by atoms with van der Waals surface area (Å²) in [6.45, 7) is 3.47. The van der Waals surface area contributed by atoms with Crippen LogP contribution in [0.1, 0.15) is 39.8 Å². The van der Waals surface area contributed by atoms with E-state index in [0.29, 0.717) is 12.3 Å². The third kappa shape index (κ3) is 2.88. The summed E-state index contributed by atoms with van der Waals surface area (Å²) in [5.74, 6) is 0.988. The molecule has 27 heavy (non-hydrogen) atoms. The molecular formula is C20H19N5OS. The zero-order chi connectivity index (χ0) is 18.4. The Morgan fingerprint density at radius 3 is 3.04 bits per heavy atom. The number of carbonyl (C=O) groups is 1. The third-order valence-corrected chi connectivity index (χ3v) is 6.27. The van der Waals surface area contributed by atoms with Gasteiger partial charge in [-0.25, -0.2) is 9.50 Å². The first-order valence-electron chi connectivity index (χ1n) is 9.14. The standard InChI is InChI=1S/C20H19N5OS/c1-13-9-16(25-20(23-13)21-12-22-25)15-6-4-8-24(11-15)19(26)18-10-14-5-2-3-7-17(14)27-18/h2-3,5,7,9-10,12,15H,4,6,8,11H2,1H3. The van der Waals surface area contributed by atoms with E-state index in [2.05, 4.69) is 33.3 Å². The highest BCUT2D eigenvalue weighted by molar-refractivity contribution is 7.20. The molecule has 1 aliphatic heterocycles. The Balaban J connectivity index is 1.45. The van der Waals surface area contributed by atoms with E-state index < -0.39 is 0 Å². The number of aromatic nitrogens is 4. The van der Waals surface area contributed by atoms with Gasteiger partial charge in [-0.05, 0) is 43.4 Å². The van der Waals surface area contributed by atoms with Crippen LogP contribution in [-0.2, 0) is 0 Å². The quantitative estimate of drug-likeness (QED) is 0.535. The Labute approximate surface area is 160 Å². The highest BCUT2D eigenvalue weighted by Gasteiger charge is 2.28. The number of amides is 1. The molecule has 4 heterocycles. The molecule has 1 atom stereocenters. The molecule has 0 bridgehead atoms. The normalized spacial score (nSPS) is 17.7. The van der Waals surface area contributed by atoms with Crippen molar-refractivity contribution in [3.05, 3.63) is 59.0 Å². The monoisotopic (exact) mass is 377 g/mol. The SMILES string of the molecule is Cc1cc(C2CCCN(C(=O)c3cc4ccccc4s3)C2)n2ncnc2n1. The zero-order valence-electron chi connectivity index (χ0n) is 15.0. The topological polar surface area (TPSA) is 63.4 Å². The molecule has 0 aliphatic carbocycles. The minimum Gasteiger partial charge on any atom is -0.337 e. The first kappa shape index (κ1) is 16.4. The summed E-state index contributed by atoms with van der Waals surface area (Å²) >= 11 is 1.57. The van der Waals surface area contributed by atoms with Gasteiger partial charge in [0.25, 0.3) is 11.7 Å². The fourth-order valence-electron chi connectivity index (χ4n) is 3.90. The molecule has 4 aromatic rings. The largest absolute Gasteiger partial charge is 0.337 e. The number of hydrogen-bond acceptors (Lipinski definition) is 5. The number of rotatable bonds is 2. The second kappa shape index (κ2) is 6.42. The van der Waals surface area contributed by atoms with Gasteiger partial charge in [0.15, 0.2) is 0 Å². The van der Waals surface area contributed by atoms with Gasteiger partial charge in [-0.1, -0.05) is 18.2 Å². The van der Waals surface area contributed by atoms with Crippen molar-refractivity contribution in [2.24, 2.45) is 0 Å². The predicted molar refractivity (Wildman–Crippen MR) is 105 cm³/mol. The molecule has 3 aromatic heterocycles. The Hall–Kier alpha value is -2.80. The summed E-state index contributed by atoms with van der Waals surface area (Å²) in [7, 11) is 0. The van der Waals surface area contributed by atoms with Gasteiger partial charge < -0.3 is 4.90 Å². The molecule has 7 heteroatoms. The molecule has 1 saturated heterocycles. The summed E-state index contributed by atoms with van der Waals surface area (Å²) in [6, 6.07) is 12.2. The van der Waals surface area contributed by atoms with Crippen LogP contribution in [0.3, 0.4) is 0 Å². The van der Waals surface area contributed by atoms with Crippen molar-refractivity contribution in [1.82, 2.24) is 24.5 Å². The number of fused-ring (bicyclic) bond motifs is 2. The highest BCUT2D eigenvalue weighted by atomic mass is 32.1. The Kier molecular flexibility index (Phi) is 3.89. The number of nitrogens with zero attached hydrogens (tertiary/aromatic N) is 5. The van der Waals surface area contributed by atoms with Gasteiger partial charge >= 0.3 is 0 Å². The molecule has 0 saturated carbocycles. The first-order valence-corrected chi connectivity index (χ1v) is 9.96. The van der Waals surface area contributed by atoms with Gasteiger partial charge in [-0.2, -0.15) is 10.1 Å². The summed E-state index contributed by atoms with van der Waals surface area (Å²) in [5, 5.41) is 5.47. The maximum absolute atomic E-state index is 13.1. The minimum atomic E-state index is 0.126. The van der Waals surface area contributed by atoms with Gasteiger partial charge in [-0.15, -0.1) is 11.3 Å². The van der Waals surface area contributed by atoms with Crippen molar-refractivity contribution in [2.75, 3.05) is 13.1 Å². The Morgan fingerprint density at radius 1 is 1.26 bits per heavy atom. The van der Waals surface area contributed by atoms with Crippen molar-refractivity contribution >= 4 is 33.1 Å². The second-order valence-electron chi connectivity index (χ2n) is 7.03. The number of carbonyl (C=O) groups excluding carboxylic acids is 1. The van der Waals surface area contributed by atoms with E-state index in [4.69, 9.17) is 0 Å². The maximum Gasteiger partial charge on any atom is 0.263 e. The third-order valence-electron chi connectivity index (χ3n) is 5.17. The molecule has 1 amide bonds. The summed E-state index contributed by atoms with van der Waals surface area (Å²) in [4.78, 5) is 24.6. The van der Waals surface area contributed by atoms with Crippen LogP contribution in [0.15, 0.2) is 42.7 Å². The average molecular weight is 377 g/mol. The Bertz CT molecular complexity index is 1110. The molecule has 5 rings (SSSR count). The van der Waals surface area contributed by atoms with Gasteiger partial charge in [0, 0.05) is 29.4 Å². The van der Waals surface area contributed by atoms with E-state index in [1.54, 1.807) is 11.3 Å². The summed E-state index contributed by atoms with van der Waals surface area (Å²) in [5.41, 5.74) is 2.02. The minimum absolute atomic E-state index is 0.126. The lowest BCUT2D eigenvalue weighted by atomic mass is 9.94. The number of likely N-dealkylation sites (tertiary alicyclic amines) is 1. The molecule has 136 valence electrons. The van der Waals surface area contributed by atoms with Crippen LogP contribution in [0, 0.1) is 6.92 Å². The van der Waals surface area contributed by atoms with Crippen LogP contribution in [-0.4, -0.2) is 43.5 Å². The maximum atomic E-state index is 13.1. The van der Waals surface area contributed by atoms with E-state index in [9.17, 15) is 4.79 Å². The average Bonchev–Trinajstić information content (AvgIpc) is 3.33. The molecule has 1 aromatic carbocycles. The van der Waals surface area contributed by atoms with Crippen LogP contribution in [0.25, 0.3) is 15.9 Å². The van der Waals surface area contributed by atoms with E-state index in [-0.39, 0.29) is 11.8 Å². The van der Waals surface area contributed by atoms with Crippen molar-refractivity contribution < 1.29 is 4.79 Å². The van der Waals surface area contributed by atoms with E-state index in [0.717, 1.165) is 45.7 Å². The second-order valence-corrected chi connectivity index (χ2v) is 8.12. The molecule has 0 radical (unpaired) electrons. The van der Waals surface area contributed by atoms with Gasteiger partial charge in [0.05, 0.1) is 10.6 Å². The number of thiophene rings is 1. The molecular weight excluding hydrogens is 358 g/mol. The molecule has 0 N–H and O–H groups in total. The van der Waals surface area contributed by atoms with E-state index in [1.165, 1.54) is 6.33 Å². The van der Waals surface area contributed by atoms with Crippen LogP contribution in [0.5, 0.6) is 0 Å². The fraction of sp³-hybridized carbons (Fsp3) is 0.300. The lowest BCUT2D eigenvalue weighted by Crippen LogP contribution is -2.39. The molecule has 1 aliphatic rings. The van der Waals surface area contributed by atoms with Gasteiger partial charge in [0.1, 0.15) is 6.33 Å². The fourth-order valence-corrected chi connectivity index (χ4v) is 4.93. The predicted octanol–water partition coefficient (Wildman–Crippen LogP) is 3.67. The van der Waals surface area contributed by atoms with E-state index in [1.807, 2.05) is 34.5 Å². The van der Waals surface area contributed by atoms with Crippen molar-refractivity contribution in [3.8, 4) is 0 Å². The van der Waals surface area contributed by atoms with Gasteiger partial charge in [0.2, 0.25) is 0 Å². The van der Waals surface area contributed by atoms with Crippen LogP contribution in [0.4, 0.5) is 0 Å². The van der Waals surface area contributed by atoms with Crippen molar-refractivity contribution in [1.29, 1.82) is 0 Å².